The van der Waals surface area contributed by atoms with E-state index in [0.717, 1.165) is 17.1 Å². The molecule has 1 heteroatoms. The Morgan fingerprint density at radius 3 is 2.17 bits per heavy atom. The minimum Gasteiger partial charge on any atom is -0.161 e. The molecular formula is C11H22S. The highest BCUT2D eigenvalue weighted by molar-refractivity contribution is 7.99. The second kappa shape index (κ2) is 6.59. The summed E-state index contributed by atoms with van der Waals surface area (Å²) in [7, 11) is 0. The Morgan fingerprint density at radius 2 is 1.92 bits per heavy atom. The smallest absolute Gasteiger partial charge is 0.0130 e. The van der Waals surface area contributed by atoms with E-state index in [1.54, 1.807) is 0 Å². The van der Waals surface area contributed by atoms with Crippen LogP contribution >= 0.6 is 11.8 Å². The van der Waals surface area contributed by atoms with Gasteiger partial charge in [-0.1, -0.05) is 32.9 Å². The summed E-state index contributed by atoms with van der Waals surface area (Å²) in [6.07, 6.45) is 8.01. The number of hydrogen-bond donors (Lipinski definition) is 0. The number of rotatable bonds is 5. The molecule has 0 saturated heterocycles. The van der Waals surface area contributed by atoms with Crippen LogP contribution in [0.4, 0.5) is 0 Å². The van der Waals surface area contributed by atoms with E-state index >= 15 is 0 Å². The van der Waals surface area contributed by atoms with Crippen LogP contribution in [0.1, 0.15) is 34.1 Å². The average molecular weight is 186 g/mol. The second-order valence-corrected chi connectivity index (χ2v) is 4.56. The van der Waals surface area contributed by atoms with Crippen LogP contribution in [0.25, 0.3) is 0 Å². The molecule has 0 aliphatic rings. The molecule has 0 aromatic carbocycles. The summed E-state index contributed by atoms with van der Waals surface area (Å²) in [6, 6.07) is 0. The Bertz CT molecular complexity index is 127. The maximum absolute atomic E-state index is 2.35. The highest BCUT2D eigenvalue weighted by atomic mass is 32.2. The van der Waals surface area contributed by atoms with Crippen LogP contribution < -0.4 is 0 Å². The first-order valence-electron chi connectivity index (χ1n) is 4.82. The van der Waals surface area contributed by atoms with Gasteiger partial charge in [-0.25, -0.2) is 0 Å². The first-order valence-corrected chi connectivity index (χ1v) is 6.11. The molecule has 0 spiro atoms. The lowest BCUT2D eigenvalue weighted by molar-refractivity contribution is 0.483. The number of hydrogen-bond acceptors (Lipinski definition) is 1. The molecule has 0 aromatic heterocycles. The van der Waals surface area contributed by atoms with E-state index in [1.807, 2.05) is 11.8 Å². The molecule has 0 heterocycles. The first kappa shape index (κ1) is 12.1. The van der Waals surface area contributed by atoms with Gasteiger partial charge in [-0.15, -0.1) is 0 Å². The Balaban J connectivity index is 4.22. The molecule has 0 saturated carbocycles. The topological polar surface area (TPSA) is 0 Å². The Hall–Kier alpha value is 0.0900. The molecule has 0 fully saturated rings. The van der Waals surface area contributed by atoms with E-state index in [4.69, 9.17) is 0 Å². The van der Waals surface area contributed by atoms with Crippen LogP contribution in [0.2, 0.25) is 0 Å². The van der Waals surface area contributed by atoms with Crippen molar-refractivity contribution in [2.24, 2.45) is 11.8 Å². The Kier molecular flexibility index (Phi) is 6.64. The predicted octanol–water partition coefficient (Wildman–Crippen LogP) is 3.98. The standard InChI is InChI=1S/C11H22S/c1-6-8-10(7-2)11(12-5)9(3)4/h6,8-11H,7H2,1-5H3/b8-6-. The van der Waals surface area contributed by atoms with E-state index in [2.05, 4.69) is 46.1 Å². The fraction of sp³-hybridized carbons (Fsp3) is 0.818. The van der Waals surface area contributed by atoms with Crippen LogP contribution in [0.15, 0.2) is 12.2 Å². The largest absolute Gasteiger partial charge is 0.161 e. The van der Waals surface area contributed by atoms with Crippen LogP contribution in [0.5, 0.6) is 0 Å². The van der Waals surface area contributed by atoms with Crippen molar-refractivity contribution in [2.45, 2.75) is 39.4 Å². The van der Waals surface area contributed by atoms with Gasteiger partial charge in [0.25, 0.3) is 0 Å². The van der Waals surface area contributed by atoms with Crippen molar-refractivity contribution in [1.82, 2.24) is 0 Å². The van der Waals surface area contributed by atoms with Crippen molar-refractivity contribution in [1.29, 1.82) is 0 Å². The molecule has 0 amide bonds. The van der Waals surface area contributed by atoms with Crippen molar-refractivity contribution in [3.8, 4) is 0 Å². The molecule has 72 valence electrons. The summed E-state index contributed by atoms with van der Waals surface area (Å²) >= 11 is 2.00. The minimum absolute atomic E-state index is 0.755. The van der Waals surface area contributed by atoms with Crippen molar-refractivity contribution < 1.29 is 0 Å². The maximum atomic E-state index is 2.35. The first-order chi connectivity index (χ1) is 5.67. The molecule has 0 radical (unpaired) electrons. The maximum Gasteiger partial charge on any atom is 0.0130 e. The molecule has 0 bridgehead atoms. The van der Waals surface area contributed by atoms with Crippen LogP contribution in [0, 0.1) is 11.8 Å². The Morgan fingerprint density at radius 1 is 1.33 bits per heavy atom. The highest BCUT2D eigenvalue weighted by Crippen LogP contribution is 2.28. The monoisotopic (exact) mass is 186 g/mol. The normalized spacial score (nSPS) is 17.2. The number of allylic oxidation sites excluding steroid dienone is 2. The fourth-order valence-corrected chi connectivity index (χ4v) is 2.84. The summed E-state index contributed by atoms with van der Waals surface area (Å²) < 4.78 is 0. The van der Waals surface area contributed by atoms with Gasteiger partial charge in [0.2, 0.25) is 0 Å². The van der Waals surface area contributed by atoms with E-state index < -0.39 is 0 Å². The molecule has 0 aromatic rings. The van der Waals surface area contributed by atoms with E-state index in [0.29, 0.717) is 0 Å². The third kappa shape index (κ3) is 3.66. The summed E-state index contributed by atoms with van der Waals surface area (Å²) in [6.45, 7) is 9.01. The third-order valence-electron chi connectivity index (χ3n) is 2.26. The van der Waals surface area contributed by atoms with Gasteiger partial charge in [-0.3, -0.25) is 0 Å². The zero-order valence-corrected chi connectivity index (χ0v) is 9.82. The van der Waals surface area contributed by atoms with E-state index in [9.17, 15) is 0 Å². The summed E-state index contributed by atoms with van der Waals surface area (Å²) in [5.41, 5.74) is 0. The zero-order chi connectivity index (χ0) is 9.56. The average Bonchev–Trinajstić information content (AvgIpc) is 2.03. The van der Waals surface area contributed by atoms with Gasteiger partial charge in [-0.2, -0.15) is 11.8 Å². The van der Waals surface area contributed by atoms with Gasteiger partial charge < -0.3 is 0 Å². The minimum atomic E-state index is 0.755. The molecule has 0 rings (SSSR count). The van der Waals surface area contributed by atoms with Crippen molar-refractivity contribution in [2.75, 3.05) is 6.26 Å². The molecular weight excluding hydrogens is 164 g/mol. The highest BCUT2D eigenvalue weighted by Gasteiger charge is 2.19. The lowest BCUT2D eigenvalue weighted by Gasteiger charge is -2.25. The molecule has 12 heavy (non-hydrogen) atoms. The quantitative estimate of drug-likeness (QED) is 0.585. The molecule has 2 unspecified atom stereocenters. The van der Waals surface area contributed by atoms with Crippen LogP contribution in [-0.2, 0) is 0 Å². The van der Waals surface area contributed by atoms with Crippen LogP contribution in [0.3, 0.4) is 0 Å². The van der Waals surface area contributed by atoms with Crippen molar-refractivity contribution in [3.05, 3.63) is 12.2 Å². The van der Waals surface area contributed by atoms with Gasteiger partial charge in [-0.05, 0) is 31.4 Å². The van der Waals surface area contributed by atoms with Gasteiger partial charge in [0.15, 0.2) is 0 Å². The second-order valence-electron chi connectivity index (χ2n) is 3.54. The van der Waals surface area contributed by atoms with Gasteiger partial charge in [0, 0.05) is 5.25 Å². The van der Waals surface area contributed by atoms with E-state index in [1.165, 1.54) is 6.42 Å². The summed E-state index contributed by atoms with van der Waals surface area (Å²) in [5.74, 6) is 1.53. The lowest BCUT2D eigenvalue weighted by Crippen LogP contribution is -2.20. The third-order valence-corrected chi connectivity index (χ3v) is 3.70. The van der Waals surface area contributed by atoms with Gasteiger partial charge in [0.1, 0.15) is 0 Å². The number of thioether (sulfide) groups is 1. The lowest BCUT2D eigenvalue weighted by atomic mass is 9.94. The molecule has 0 nitrogen and oxygen atoms in total. The van der Waals surface area contributed by atoms with Gasteiger partial charge in [0.05, 0.1) is 0 Å². The van der Waals surface area contributed by atoms with Gasteiger partial charge >= 0.3 is 0 Å². The van der Waals surface area contributed by atoms with Crippen LogP contribution in [-0.4, -0.2) is 11.5 Å². The summed E-state index contributed by atoms with van der Waals surface area (Å²) in [5, 5.41) is 0.784. The SMILES string of the molecule is C/C=C\C(CC)C(SC)C(C)C. The predicted molar refractivity (Wildman–Crippen MR) is 60.7 cm³/mol. The van der Waals surface area contributed by atoms with E-state index in [-0.39, 0.29) is 0 Å². The fourth-order valence-electron chi connectivity index (χ4n) is 1.67. The summed E-state index contributed by atoms with van der Waals surface area (Å²) in [4.78, 5) is 0. The van der Waals surface area contributed by atoms with Crippen molar-refractivity contribution in [3.63, 3.8) is 0 Å². The molecule has 0 aliphatic carbocycles. The van der Waals surface area contributed by atoms with Crippen molar-refractivity contribution >= 4 is 11.8 Å². The molecule has 2 atom stereocenters. The zero-order valence-electron chi connectivity index (χ0n) is 9.00. The Labute approximate surface area is 81.8 Å². The molecule has 0 N–H and O–H groups in total. The molecule has 0 aliphatic heterocycles.